The predicted molar refractivity (Wildman–Crippen MR) is 79.3 cm³/mol. The van der Waals surface area contributed by atoms with Gasteiger partial charge in [-0.05, 0) is 5.56 Å². The van der Waals surface area contributed by atoms with Crippen LogP contribution in [0.15, 0.2) is 76.5 Å². The van der Waals surface area contributed by atoms with Gasteiger partial charge in [0, 0.05) is 11.1 Å². The first-order valence-corrected chi connectivity index (χ1v) is 6.29. The number of aromatic amines is 1. The lowest BCUT2D eigenvalue weighted by Gasteiger charge is -2.05. The standard InChI is InChI=1S/C17H13NO2/c1-12(13-8-4-2-5-9-13)15-16(20-17(19)18-15)14-10-6-3-7-11-14/h2-11H,1H2,(H,18,19). The van der Waals surface area contributed by atoms with Crippen molar-refractivity contribution in [2.45, 2.75) is 0 Å². The molecule has 0 aliphatic rings. The molecule has 1 aromatic heterocycles. The molecule has 0 aliphatic heterocycles. The van der Waals surface area contributed by atoms with Crippen molar-refractivity contribution in [1.82, 2.24) is 4.98 Å². The highest BCUT2D eigenvalue weighted by Crippen LogP contribution is 2.29. The monoisotopic (exact) mass is 263 g/mol. The molecule has 0 saturated heterocycles. The molecule has 1 N–H and O–H groups in total. The van der Waals surface area contributed by atoms with Gasteiger partial charge in [0.2, 0.25) is 0 Å². The van der Waals surface area contributed by atoms with E-state index in [4.69, 9.17) is 4.42 Å². The van der Waals surface area contributed by atoms with Gasteiger partial charge >= 0.3 is 5.76 Å². The smallest absolute Gasteiger partial charge is 0.407 e. The molecule has 3 heteroatoms. The highest BCUT2D eigenvalue weighted by atomic mass is 16.4. The van der Waals surface area contributed by atoms with Crippen LogP contribution in [0.25, 0.3) is 16.9 Å². The van der Waals surface area contributed by atoms with Crippen LogP contribution in [0.5, 0.6) is 0 Å². The maximum absolute atomic E-state index is 11.6. The zero-order valence-corrected chi connectivity index (χ0v) is 10.8. The minimum atomic E-state index is -0.476. The Morgan fingerprint density at radius 3 is 2.20 bits per heavy atom. The Morgan fingerprint density at radius 1 is 0.950 bits per heavy atom. The van der Waals surface area contributed by atoms with Crippen LogP contribution in [0, 0.1) is 0 Å². The summed E-state index contributed by atoms with van der Waals surface area (Å²) in [6, 6.07) is 19.2. The molecule has 2 aromatic carbocycles. The fourth-order valence-electron chi connectivity index (χ4n) is 2.12. The van der Waals surface area contributed by atoms with Gasteiger partial charge in [-0.15, -0.1) is 0 Å². The molecular weight excluding hydrogens is 250 g/mol. The van der Waals surface area contributed by atoms with Crippen LogP contribution in [0.4, 0.5) is 0 Å². The summed E-state index contributed by atoms with van der Waals surface area (Å²) in [6.45, 7) is 4.06. The molecule has 20 heavy (non-hydrogen) atoms. The van der Waals surface area contributed by atoms with Gasteiger partial charge in [-0.2, -0.15) is 0 Å². The summed E-state index contributed by atoms with van der Waals surface area (Å²) in [5.41, 5.74) is 3.14. The zero-order valence-electron chi connectivity index (χ0n) is 10.8. The van der Waals surface area contributed by atoms with Crippen LogP contribution in [0.2, 0.25) is 0 Å². The maximum Gasteiger partial charge on any atom is 0.417 e. The number of hydrogen-bond acceptors (Lipinski definition) is 2. The lowest BCUT2D eigenvalue weighted by atomic mass is 10.0. The van der Waals surface area contributed by atoms with Crippen molar-refractivity contribution in [2.75, 3.05) is 0 Å². The number of hydrogen-bond donors (Lipinski definition) is 1. The van der Waals surface area contributed by atoms with E-state index in [2.05, 4.69) is 11.6 Å². The van der Waals surface area contributed by atoms with Crippen LogP contribution < -0.4 is 5.76 Å². The normalized spacial score (nSPS) is 10.4. The van der Waals surface area contributed by atoms with Gasteiger partial charge in [0.1, 0.15) is 0 Å². The second kappa shape index (κ2) is 5.05. The summed E-state index contributed by atoms with van der Waals surface area (Å²) in [6.07, 6.45) is 0. The van der Waals surface area contributed by atoms with E-state index in [-0.39, 0.29) is 0 Å². The molecule has 0 atom stereocenters. The van der Waals surface area contributed by atoms with E-state index < -0.39 is 5.76 Å². The molecular formula is C17H13NO2. The van der Waals surface area contributed by atoms with Gasteiger partial charge < -0.3 is 4.42 Å². The van der Waals surface area contributed by atoms with Gasteiger partial charge in [0.15, 0.2) is 5.76 Å². The van der Waals surface area contributed by atoms with E-state index in [1.807, 2.05) is 60.7 Å². The number of H-pyrrole nitrogens is 1. The number of benzene rings is 2. The molecule has 0 fully saturated rings. The minimum absolute atomic E-state index is 0.476. The van der Waals surface area contributed by atoms with Crippen LogP contribution in [-0.4, -0.2) is 4.98 Å². The fraction of sp³-hybridized carbons (Fsp3) is 0. The van der Waals surface area contributed by atoms with Crippen molar-refractivity contribution in [1.29, 1.82) is 0 Å². The average Bonchev–Trinajstić information content (AvgIpc) is 2.90. The Morgan fingerprint density at radius 2 is 1.55 bits per heavy atom. The Hall–Kier alpha value is -2.81. The Bertz CT molecular complexity index is 783. The first-order valence-electron chi connectivity index (χ1n) is 6.29. The third kappa shape index (κ3) is 2.21. The van der Waals surface area contributed by atoms with E-state index in [0.29, 0.717) is 11.5 Å². The van der Waals surface area contributed by atoms with Gasteiger partial charge in [-0.1, -0.05) is 67.2 Å². The Kier molecular flexibility index (Phi) is 3.09. The van der Waals surface area contributed by atoms with Crippen LogP contribution in [0.3, 0.4) is 0 Å². The summed E-state index contributed by atoms with van der Waals surface area (Å²) in [4.78, 5) is 14.3. The molecule has 98 valence electrons. The lowest BCUT2D eigenvalue weighted by molar-refractivity contribution is 0.528. The second-order valence-electron chi connectivity index (χ2n) is 4.43. The second-order valence-corrected chi connectivity index (χ2v) is 4.43. The van der Waals surface area contributed by atoms with E-state index in [1.54, 1.807) is 0 Å². The Labute approximate surface area is 116 Å². The SMILES string of the molecule is C=C(c1ccccc1)c1[nH]c(=O)oc1-c1ccccc1. The molecule has 0 radical (unpaired) electrons. The number of oxazole rings is 1. The van der Waals surface area contributed by atoms with Crippen molar-refractivity contribution in [3.8, 4) is 11.3 Å². The highest BCUT2D eigenvalue weighted by molar-refractivity contribution is 5.83. The summed E-state index contributed by atoms with van der Waals surface area (Å²) < 4.78 is 5.27. The molecule has 0 spiro atoms. The third-order valence-corrected chi connectivity index (χ3v) is 3.11. The quantitative estimate of drug-likeness (QED) is 0.783. The highest BCUT2D eigenvalue weighted by Gasteiger charge is 2.15. The van der Waals surface area contributed by atoms with Crippen molar-refractivity contribution < 1.29 is 4.42 Å². The molecule has 3 rings (SSSR count). The van der Waals surface area contributed by atoms with E-state index in [1.165, 1.54) is 0 Å². The fourth-order valence-corrected chi connectivity index (χ4v) is 2.12. The van der Waals surface area contributed by atoms with Gasteiger partial charge in [-0.25, -0.2) is 4.79 Å². The first kappa shape index (κ1) is 12.2. The van der Waals surface area contributed by atoms with E-state index in [0.717, 1.165) is 16.7 Å². The van der Waals surface area contributed by atoms with Crippen molar-refractivity contribution >= 4 is 5.57 Å². The minimum Gasteiger partial charge on any atom is -0.407 e. The largest absolute Gasteiger partial charge is 0.417 e. The molecule has 0 aliphatic carbocycles. The summed E-state index contributed by atoms with van der Waals surface area (Å²) in [5.74, 6) is 0.0420. The van der Waals surface area contributed by atoms with Crippen molar-refractivity contribution in [2.24, 2.45) is 0 Å². The molecule has 0 unspecified atom stereocenters. The maximum atomic E-state index is 11.6. The van der Waals surface area contributed by atoms with Crippen LogP contribution in [-0.2, 0) is 0 Å². The Balaban J connectivity index is 2.12. The predicted octanol–water partition coefficient (Wildman–Crippen LogP) is 3.70. The van der Waals surface area contributed by atoms with E-state index >= 15 is 0 Å². The first-order chi connectivity index (χ1) is 9.75. The zero-order chi connectivity index (χ0) is 13.9. The number of aromatic nitrogens is 1. The van der Waals surface area contributed by atoms with E-state index in [9.17, 15) is 4.79 Å². The van der Waals surface area contributed by atoms with Crippen molar-refractivity contribution in [3.05, 3.63) is 89.1 Å². The van der Waals surface area contributed by atoms with Gasteiger partial charge in [-0.3, -0.25) is 4.98 Å². The topological polar surface area (TPSA) is 46.0 Å². The molecule has 0 amide bonds. The summed E-state index contributed by atoms with van der Waals surface area (Å²) in [7, 11) is 0. The number of rotatable bonds is 3. The molecule has 1 heterocycles. The van der Waals surface area contributed by atoms with Crippen LogP contribution >= 0.6 is 0 Å². The molecule has 0 bridgehead atoms. The molecule has 3 nitrogen and oxygen atoms in total. The summed E-state index contributed by atoms with van der Waals surface area (Å²) >= 11 is 0. The lowest BCUT2D eigenvalue weighted by Crippen LogP contribution is -1.97. The van der Waals surface area contributed by atoms with Gasteiger partial charge in [0.25, 0.3) is 0 Å². The molecule has 3 aromatic rings. The van der Waals surface area contributed by atoms with Crippen molar-refractivity contribution in [3.63, 3.8) is 0 Å². The molecule has 0 saturated carbocycles. The van der Waals surface area contributed by atoms with Gasteiger partial charge in [0.05, 0.1) is 5.69 Å². The average molecular weight is 263 g/mol. The third-order valence-electron chi connectivity index (χ3n) is 3.11. The number of nitrogens with one attached hydrogen (secondary N) is 1. The van der Waals surface area contributed by atoms with Crippen LogP contribution in [0.1, 0.15) is 11.3 Å². The summed E-state index contributed by atoms with van der Waals surface area (Å²) in [5, 5.41) is 0.